The van der Waals surface area contributed by atoms with Crippen LogP contribution in [0.15, 0.2) is 64.4 Å². The normalized spacial score (nSPS) is 12.5. The van der Waals surface area contributed by atoms with E-state index in [9.17, 15) is 20.0 Å². The average Bonchev–Trinajstić information content (AvgIpc) is 3.36. The molecule has 2 atom stereocenters. The summed E-state index contributed by atoms with van der Waals surface area (Å²) in [6, 6.07) is 13.2. The summed E-state index contributed by atoms with van der Waals surface area (Å²) in [6.07, 6.45) is 4.17. The molecule has 35 heavy (non-hydrogen) atoms. The van der Waals surface area contributed by atoms with E-state index >= 15 is 0 Å². The molecule has 3 aromatic heterocycles. The van der Waals surface area contributed by atoms with E-state index < -0.39 is 34.7 Å². The molecule has 0 fully saturated rings. The first-order valence-electron chi connectivity index (χ1n) is 10.7. The fourth-order valence-electron chi connectivity index (χ4n) is 4.15. The van der Waals surface area contributed by atoms with Gasteiger partial charge in [-0.25, -0.2) is 4.98 Å². The van der Waals surface area contributed by atoms with Gasteiger partial charge in [0.25, 0.3) is 11.5 Å². The van der Waals surface area contributed by atoms with Crippen molar-refractivity contribution < 1.29 is 14.4 Å². The molecule has 0 saturated heterocycles. The summed E-state index contributed by atoms with van der Waals surface area (Å²) in [4.78, 5) is 34.4. The number of carbonyl (C=O) groups is 1. The summed E-state index contributed by atoms with van der Waals surface area (Å²) < 4.78 is 5.92. The molecule has 176 valence electrons. The third-order valence-electron chi connectivity index (χ3n) is 5.81. The second-order valence-electron chi connectivity index (χ2n) is 8.09. The zero-order valence-electron chi connectivity index (χ0n) is 19.3. The molecular formula is C25H22N6O4. The second kappa shape index (κ2) is 9.61. The fourth-order valence-corrected chi connectivity index (χ4v) is 4.15. The number of benzene rings is 1. The summed E-state index contributed by atoms with van der Waals surface area (Å²) in [6.45, 7) is 3.72. The number of nitriles is 1. The van der Waals surface area contributed by atoms with Gasteiger partial charge in [-0.1, -0.05) is 30.3 Å². The number of hydrogen-bond donors (Lipinski definition) is 2. The van der Waals surface area contributed by atoms with Crippen molar-refractivity contribution in [2.24, 2.45) is 7.05 Å². The van der Waals surface area contributed by atoms with Crippen LogP contribution in [0.1, 0.15) is 57.5 Å². The maximum atomic E-state index is 12.9. The lowest BCUT2D eigenvalue weighted by molar-refractivity contribution is 0.101. The highest BCUT2D eigenvalue weighted by atomic mass is 16.5. The van der Waals surface area contributed by atoms with Crippen molar-refractivity contribution in [2.75, 3.05) is 5.32 Å². The van der Waals surface area contributed by atoms with E-state index in [1.54, 1.807) is 18.3 Å². The zero-order chi connectivity index (χ0) is 25.1. The number of hydrogen-bond acceptors (Lipinski definition) is 8. The van der Waals surface area contributed by atoms with Gasteiger partial charge < -0.3 is 14.9 Å². The lowest BCUT2D eigenvalue weighted by Gasteiger charge is -2.27. The van der Waals surface area contributed by atoms with Crippen LogP contribution in [-0.4, -0.2) is 30.7 Å². The highest BCUT2D eigenvalue weighted by Crippen LogP contribution is 2.39. The Morgan fingerprint density at radius 1 is 1.29 bits per heavy atom. The minimum absolute atomic E-state index is 0.250. The first kappa shape index (κ1) is 23.4. The van der Waals surface area contributed by atoms with E-state index in [-0.39, 0.29) is 11.5 Å². The van der Waals surface area contributed by atoms with Gasteiger partial charge in [-0.05, 0) is 36.2 Å². The Labute approximate surface area is 200 Å². The number of aromatic nitrogens is 4. The predicted octanol–water partition coefficient (Wildman–Crippen LogP) is 3.24. The third-order valence-corrected chi connectivity index (χ3v) is 5.81. The molecule has 0 saturated carbocycles. The number of anilines is 1. The van der Waals surface area contributed by atoms with Crippen molar-refractivity contribution in [1.29, 1.82) is 5.26 Å². The van der Waals surface area contributed by atoms with Crippen LogP contribution >= 0.6 is 0 Å². The highest BCUT2D eigenvalue weighted by molar-refractivity contribution is 6.04. The van der Waals surface area contributed by atoms with Crippen molar-refractivity contribution in [2.45, 2.75) is 25.7 Å². The smallest absolute Gasteiger partial charge is 0.296 e. The van der Waals surface area contributed by atoms with Crippen molar-refractivity contribution in [3.05, 3.63) is 99.3 Å². The molecule has 10 heteroatoms. The van der Waals surface area contributed by atoms with Crippen LogP contribution in [0.3, 0.4) is 0 Å². The molecular weight excluding hydrogens is 448 g/mol. The monoisotopic (exact) mass is 470 g/mol. The zero-order valence-corrected chi connectivity index (χ0v) is 19.3. The maximum absolute atomic E-state index is 12.9. The Bertz CT molecular complexity index is 1490. The third kappa shape index (κ3) is 4.52. The van der Waals surface area contributed by atoms with E-state index in [1.165, 1.54) is 24.1 Å². The quantitative estimate of drug-likeness (QED) is 0.436. The van der Waals surface area contributed by atoms with Crippen LogP contribution in [-0.2, 0) is 7.05 Å². The molecule has 0 bridgehead atoms. The Hall–Kier alpha value is -4.78. The molecule has 3 heterocycles. The summed E-state index contributed by atoms with van der Waals surface area (Å²) in [5, 5.41) is 26.2. The molecule has 0 unspecified atom stereocenters. The van der Waals surface area contributed by atoms with E-state index in [0.29, 0.717) is 5.56 Å². The van der Waals surface area contributed by atoms with Crippen molar-refractivity contribution in [3.63, 3.8) is 0 Å². The van der Waals surface area contributed by atoms with Crippen LogP contribution in [0.4, 0.5) is 5.69 Å². The van der Waals surface area contributed by atoms with Gasteiger partial charge in [0.1, 0.15) is 17.8 Å². The van der Waals surface area contributed by atoms with Gasteiger partial charge in [0, 0.05) is 30.8 Å². The molecule has 2 N–H and O–H groups in total. The van der Waals surface area contributed by atoms with Gasteiger partial charge in [-0.15, -0.1) is 0 Å². The molecule has 4 aromatic rings. The maximum Gasteiger partial charge on any atom is 0.296 e. The van der Waals surface area contributed by atoms with Crippen LogP contribution in [0.2, 0.25) is 0 Å². The molecule has 0 spiro atoms. The van der Waals surface area contributed by atoms with Crippen molar-refractivity contribution in [3.8, 4) is 11.8 Å². The topological polar surface area (TPSA) is 147 Å². The van der Waals surface area contributed by atoms with Gasteiger partial charge in [0.2, 0.25) is 5.75 Å². The number of nitrogens with zero attached hydrogens (tertiary/aromatic N) is 5. The van der Waals surface area contributed by atoms with Crippen LogP contribution in [0, 0.1) is 18.3 Å². The van der Waals surface area contributed by atoms with E-state index in [4.69, 9.17) is 4.52 Å². The number of rotatable bonds is 6. The van der Waals surface area contributed by atoms with Crippen LogP contribution in [0.5, 0.6) is 5.75 Å². The summed E-state index contributed by atoms with van der Waals surface area (Å²) in [5.74, 6) is -2.18. The number of carbonyl (C=O) groups excluding carboxylic acids is 1. The molecule has 10 nitrogen and oxygen atoms in total. The van der Waals surface area contributed by atoms with Crippen LogP contribution < -0.4 is 10.9 Å². The largest absolute Gasteiger partial charge is 0.501 e. The number of amides is 1. The first-order chi connectivity index (χ1) is 16.8. The summed E-state index contributed by atoms with van der Waals surface area (Å²) in [7, 11) is 1.48. The fraction of sp³-hybridized carbons (Fsp3) is 0.200. The van der Waals surface area contributed by atoms with Crippen molar-refractivity contribution in [1.82, 2.24) is 19.7 Å². The molecule has 0 aliphatic heterocycles. The number of aromatic hydroxyl groups is 1. The molecule has 4 rings (SSSR count). The van der Waals surface area contributed by atoms with Crippen LogP contribution in [0.25, 0.3) is 0 Å². The van der Waals surface area contributed by atoms with Gasteiger partial charge in [-0.2, -0.15) is 5.26 Å². The molecule has 0 aliphatic carbocycles. The SMILES string of the molecule is Cc1cc([C@H](c2ccccc2C#N)[C@H](C)c2nc(C(=O)Nc3cnoc3)c(O)c(=O)n2C)ccn1. The van der Waals surface area contributed by atoms with E-state index in [2.05, 4.69) is 26.5 Å². The lowest BCUT2D eigenvalue weighted by atomic mass is 9.79. The molecule has 1 aromatic carbocycles. The molecule has 1 amide bonds. The van der Waals surface area contributed by atoms with Gasteiger partial charge >= 0.3 is 0 Å². The average molecular weight is 470 g/mol. The predicted molar refractivity (Wildman–Crippen MR) is 126 cm³/mol. The first-order valence-corrected chi connectivity index (χ1v) is 10.7. The minimum atomic E-state index is -0.786. The second-order valence-corrected chi connectivity index (χ2v) is 8.09. The Morgan fingerprint density at radius 3 is 2.74 bits per heavy atom. The number of aryl methyl sites for hydroxylation is 1. The highest BCUT2D eigenvalue weighted by Gasteiger charge is 2.30. The van der Waals surface area contributed by atoms with Gasteiger partial charge in [0.15, 0.2) is 5.69 Å². The van der Waals surface area contributed by atoms with Crippen molar-refractivity contribution >= 4 is 11.6 Å². The Kier molecular flexibility index (Phi) is 6.42. The number of pyridine rings is 1. The Balaban J connectivity index is 1.87. The van der Waals surface area contributed by atoms with Gasteiger partial charge in [-0.3, -0.25) is 19.1 Å². The number of nitrogens with one attached hydrogen (secondary N) is 1. The standard InChI is InChI=1S/C25H22N6O4/c1-14-10-16(8-9-27-14)20(19-7-5-4-6-17(19)11-26)15(2)23-30-21(22(32)25(34)31(23)3)24(33)29-18-12-28-35-13-18/h4-10,12-13,15,20,32H,1-3H3,(H,29,33)/t15-,20+/m0/s1. The summed E-state index contributed by atoms with van der Waals surface area (Å²) >= 11 is 0. The molecule has 0 aliphatic rings. The van der Waals surface area contributed by atoms with E-state index in [1.807, 2.05) is 38.1 Å². The van der Waals surface area contributed by atoms with Gasteiger partial charge in [0.05, 0.1) is 17.8 Å². The minimum Gasteiger partial charge on any atom is -0.501 e. The van der Waals surface area contributed by atoms with E-state index in [0.717, 1.165) is 16.8 Å². The summed E-state index contributed by atoms with van der Waals surface area (Å²) in [5.41, 5.74) is 1.93. The lowest BCUT2D eigenvalue weighted by Crippen LogP contribution is -2.29. The molecule has 0 radical (unpaired) electrons. The Morgan fingerprint density at radius 2 is 2.06 bits per heavy atom.